The topological polar surface area (TPSA) is 90.2 Å². The highest BCUT2D eigenvalue weighted by Crippen LogP contribution is 2.00. The Hall–Kier alpha value is -0.640. The molecule has 0 aliphatic carbocycles. The first-order valence-electron chi connectivity index (χ1n) is 3.99. The predicted octanol–water partition coefficient (Wildman–Crippen LogP) is -0.411. The molecule has 6 heteroatoms. The first-order chi connectivity index (χ1) is 5.97. The fourth-order valence-electron chi connectivity index (χ4n) is 0.653. The van der Waals surface area contributed by atoms with Crippen LogP contribution in [0.5, 0.6) is 0 Å². The molecule has 2 N–H and O–H groups in total. The summed E-state index contributed by atoms with van der Waals surface area (Å²) in [5.74, 6) is 0. The minimum atomic E-state index is -3.60. The lowest BCUT2D eigenvalue weighted by Gasteiger charge is -2.14. The van der Waals surface area contributed by atoms with Gasteiger partial charge < -0.3 is 5.11 Å². The quantitative estimate of drug-likeness (QED) is 0.639. The molecule has 0 heterocycles. The lowest BCUT2D eigenvalue weighted by atomic mass is 10.3. The Morgan fingerprint density at radius 3 is 2.46 bits per heavy atom. The number of nitriles is 1. The van der Waals surface area contributed by atoms with Crippen molar-refractivity contribution in [1.29, 1.82) is 5.26 Å². The molecule has 0 bridgehead atoms. The lowest BCUT2D eigenvalue weighted by Crippen LogP contribution is -2.41. The molecule has 0 spiro atoms. The van der Waals surface area contributed by atoms with E-state index in [0.29, 0.717) is 6.42 Å². The van der Waals surface area contributed by atoms with E-state index in [-0.39, 0.29) is 6.61 Å². The fraction of sp³-hybridized carbons (Fsp3) is 0.857. The minimum absolute atomic E-state index is 0.256. The third-order valence-electron chi connectivity index (χ3n) is 1.69. The minimum Gasteiger partial charge on any atom is -0.395 e. The van der Waals surface area contributed by atoms with Crippen LogP contribution in [0.3, 0.4) is 0 Å². The van der Waals surface area contributed by atoms with Gasteiger partial charge in [0, 0.05) is 6.04 Å². The molecule has 0 saturated heterocycles. The molecule has 5 nitrogen and oxygen atoms in total. The van der Waals surface area contributed by atoms with Crippen LogP contribution in [0, 0.1) is 11.3 Å². The van der Waals surface area contributed by atoms with Crippen LogP contribution in [0.25, 0.3) is 0 Å². The monoisotopic (exact) mass is 206 g/mol. The van der Waals surface area contributed by atoms with Gasteiger partial charge in [0.15, 0.2) is 5.25 Å². The number of nitrogens with one attached hydrogen (secondary N) is 1. The average Bonchev–Trinajstić information content (AvgIpc) is 2.12. The van der Waals surface area contributed by atoms with Gasteiger partial charge in [-0.05, 0) is 13.3 Å². The maximum absolute atomic E-state index is 11.2. The third kappa shape index (κ3) is 3.72. The second-order valence-corrected chi connectivity index (χ2v) is 4.75. The van der Waals surface area contributed by atoms with E-state index in [1.54, 1.807) is 13.0 Å². The van der Waals surface area contributed by atoms with Crippen molar-refractivity contribution in [3.63, 3.8) is 0 Å². The molecule has 2 atom stereocenters. The Kier molecular flexibility index (Phi) is 4.91. The van der Waals surface area contributed by atoms with Gasteiger partial charge in [0.05, 0.1) is 12.7 Å². The van der Waals surface area contributed by atoms with Crippen LogP contribution in [0.1, 0.15) is 20.3 Å². The van der Waals surface area contributed by atoms with Gasteiger partial charge in [-0.1, -0.05) is 6.92 Å². The van der Waals surface area contributed by atoms with Crippen molar-refractivity contribution in [3.05, 3.63) is 0 Å². The lowest BCUT2D eigenvalue weighted by molar-refractivity contribution is 0.253. The molecule has 0 aromatic rings. The maximum Gasteiger partial charge on any atom is 0.228 e. The Labute approximate surface area is 78.4 Å². The van der Waals surface area contributed by atoms with E-state index < -0.39 is 21.3 Å². The van der Waals surface area contributed by atoms with Crippen LogP contribution in [-0.4, -0.2) is 31.4 Å². The normalized spacial score (nSPS) is 16.2. The van der Waals surface area contributed by atoms with Crippen molar-refractivity contribution in [2.24, 2.45) is 0 Å². The van der Waals surface area contributed by atoms with Gasteiger partial charge >= 0.3 is 0 Å². The number of nitrogens with zero attached hydrogens (tertiary/aromatic N) is 1. The van der Waals surface area contributed by atoms with E-state index in [2.05, 4.69) is 4.72 Å². The summed E-state index contributed by atoms with van der Waals surface area (Å²) >= 11 is 0. The summed E-state index contributed by atoms with van der Waals surface area (Å²) in [6, 6.07) is 1.13. The van der Waals surface area contributed by atoms with E-state index in [1.807, 2.05) is 0 Å². The Bertz CT molecular complexity index is 277. The zero-order valence-electron chi connectivity index (χ0n) is 7.69. The highest BCUT2D eigenvalue weighted by molar-refractivity contribution is 7.90. The van der Waals surface area contributed by atoms with Crippen LogP contribution in [-0.2, 0) is 10.0 Å². The molecular formula is C7H14N2O3S. The van der Waals surface area contributed by atoms with Crippen molar-refractivity contribution in [2.45, 2.75) is 31.6 Å². The number of hydrogen-bond donors (Lipinski definition) is 2. The van der Waals surface area contributed by atoms with Gasteiger partial charge in [0.1, 0.15) is 0 Å². The zero-order valence-corrected chi connectivity index (χ0v) is 8.50. The number of sulfonamides is 1. The summed E-state index contributed by atoms with van der Waals surface area (Å²) in [6.45, 7) is 2.79. The summed E-state index contributed by atoms with van der Waals surface area (Å²) in [5.41, 5.74) is 0. The first-order valence-corrected chi connectivity index (χ1v) is 5.54. The average molecular weight is 206 g/mol. The van der Waals surface area contributed by atoms with Gasteiger partial charge in [-0.25, -0.2) is 13.1 Å². The molecule has 0 aliphatic rings. The smallest absolute Gasteiger partial charge is 0.228 e. The molecule has 0 rings (SSSR count). The van der Waals surface area contributed by atoms with Crippen molar-refractivity contribution in [3.8, 4) is 6.07 Å². The van der Waals surface area contributed by atoms with Gasteiger partial charge in [-0.3, -0.25) is 0 Å². The number of aliphatic hydroxyl groups is 1. The second kappa shape index (κ2) is 5.17. The molecule has 0 aromatic heterocycles. The van der Waals surface area contributed by atoms with Crippen LogP contribution in [0.15, 0.2) is 0 Å². The summed E-state index contributed by atoms with van der Waals surface area (Å²) in [5, 5.41) is 16.0. The van der Waals surface area contributed by atoms with Gasteiger partial charge in [-0.15, -0.1) is 0 Å². The van der Waals surface area contributed by atoms with E-state index in [9.17, 15) is 8.42 Å². The maximum atomic E-state index is 11.2. The van der Waals surface area contributed by atoms with Crippen LogP contribution in [0.4, 0.5) is 0 Å². The van der Waals surface area contributed by atoms with E-state index in [4.69, 9.17) is 10.4 Å². The Morgan fingerprint density at radius 1 is 1.62 bits per heavy atom. The van der Waals surface area contributed by atoms with Crippen LogP contribution >= 0.6 is 0 Å². The third-order valence-corrected chi connectivity index (χ3v) is 3.39. The van der Waals surface area contributed by atoms with Crippen LogP contribution < -0.4 is 4.72 Å². The second-order valence-electron chi connectivity index (χ2n) is 2.72. The number of hydrogen-bond acceptors (Lipinski definition) is 4. The standard InChI is InChI=1S/C7H14N2O3S/c1-3-7(5-10)9-13(11,12)6(2)4-8/h6-7,9-10H,3,5H2,1-2H3/t6?,7-/m1/s1. The molecule has 0 amide bonds. The molecular weight excluding hydrogens is 192 g/mol. The van der Waals surface area contributed by atoms with Gasteiger partial charge in [0.2, 0.25) is 10.0 Å². The van der Waals surface area contributed by atoms with Crippen LogP contribution in [0.2, 0.25) is 0 Å². The molecule has 13 heavy (non-hydrogen) atoms. The van der Waals surface area contributed by atoms with E-state index in [1.165, 1.54) is 6.92 Å². The number of rotatable bonds is 5. The molecule has 76 valence electrons. The van der Waals surface area contributed by atoms with Gasteiger partial charge in [-0.2, -0.15) is 5.26 Å². The molecule has 0 radical (unpaired) electrons. The summed E-state index contributed by atoms with van der Waals surface area (Å²) in [4.78, 5) is 0. The highest BCUT2D eigenvalue weighted by atomic mass is 32.2. The van der Waals surface area contributed by atoms with Crippen molar-refractivity contribution in [1.82, 2.24) is 4.72 Å². The number of aliphatic hydroxyl groups excluding tert-OH is 1. The van der Waals surface area contributed by atoms with Crippen molar-refractivity contribution >= 4 is 10.0 Å². The van der Waals surface area contributed by atoms with Crippen molar-refractivity contribution in [2.75, 3.05) is 6.61 Å². The molecule has 0 fully saturated rings. The molecule has 1 unspecified atom stereocenters. The molecule has 0 aromatic carbocycles. The molecule has 0 aliphatic heterocycles. The molecule has 0 saturated carbocycles. The van der Waals surface area contributed by atoms with E-state index in [0.717, 1.165) is 0 Å². The Balaban J connectivity index is 4.43. The highest BCUT2D eigenvalue weighted by Gasteiger charge is 2.22. The fourth-order valence-corrected chi connectivity index (χ4v) is 1.70. The summed E-state index contributed by atoms with van der Waals surface area (Å²) < 4.78 is 24.7. The summed E-state index contributed by atoms with van der Waals surface area (Å²) in [7, 11) is -3.60. The SMILES string of the molecule is CC[C@H](CO)NS(=O)(=O)C(C)C#N. The van der Waals surface area contributed by atoms with Crippen molar-refractivity contribution < 1.29 is 13.5 Å². The predicted molar refractivity (Wildman–Crippen MR) is 48.3 cm³/mol. The Morgan fingerprint density at radius 2 is 2.15 bits per heavy atom. The summed E-state index contributed by atoms with van der Waals surface area (Å²) in [6.07, 6.45) is 0.494. The first kappa shape index (κ1) is 12.4. The largest absolute Gasteiger partial charge is 0.395 e. The van der Waals surface area contributed by atoms with Gasteiger partial charge in [0.25, 0.3) is 0 Å². The van der Waals surface area contributed by atoms with E-state index >= 15 is 0 Å². The zero-order chi connectivity index (χ0) is 10.5.